The highest BCUT2D eigenvalue weighted by molar-refractivity contribution is 6.26. The van der Waals surface area contributed by atoms with Crippen LogP contribution in [-0.2, 0) is 0 Å². The number of hydrogen-bond acceptors (Lipinski definition) is 4. The van der Waals surface area contributed by atoms with Crippen molar-refractivity contribution in [1.82, 2.24) is 0 Å². The molecule has 308 valence electrons. The monoisotopic (exact) mass is 841 g/mol. The summed E-state index contributed by atoms with van der Waals surface area (Å²) in [6.07, 6.45) is 0. The second-order valence-electron chi connectivity index (χ2n) is 17.3. The van der Waals surface area contributed by atoms with Gasteiger partial charge in [0, 0.05) is 17.1 Å². The van der Waals surface area contributed by atoms with Gasteiger partial charge in [0.2, 0.25) is 0 Å². The van der Waals surface area contributed by atoms with Gasteiger partial charge in [-0.2, -0.15) is 0 Å². The number of ether oxygens (including phenoxy) is 1. The van der Waals surface area contributed by atoms with Crippen LogP contribution in [0.3, 0.4) is 0 Å². The molecule has 0 unspecified atom stereocenters. The molecule has 2 heterocycles. The predicted molar refractivity (Wildman–Crippen MR) is 277 cm³/mol. The van der Waals surface area contributed by atoms with Gasteiger partial charge >= 0.3 is 0 Å². The van der Waals surface area contributed by atoms with Crippen LogP contribution < -0.4 is 19.4 Å². The topological polar surface area (TPSA) is 19.0 Å². The molecule has 2 aliphatic rings. The Morgan fingerprint density at radius 3 is 1.41 bits per heavy atom. The van der Waals surface area contributed by atoms with Gasteiger partial charge in [0.05, 0.1) is 34.1 Å². The van der Waals surface area contributed by atoms with Gasteiger partial charge in [-0.3, -0.25) is 0 Å². The molecule has 0 aliphatic carbocycles. The Morgan fingerprint density at radius 2 is 0.697 bits per heavy atom. The Balaban J connectivity index is 0.978. The van der Waals surface area contributed by atoms with Crippen LogP contribution in [0.2, 0.25) is 0 Å². The first-order chi connectivity index (χ1) is 32.7. The highest BCUT2D eigenvalue weighted by Gasteiger charge is 2.32. The Morgan fingerprint density at radius 1 is 0.227 bits per heavy atom. The molecule has 4 heteroatoms. The van der Waals surface area contributed by atoms with Gasteiger partial charge in [-0.1, -0.05) is 152 Å². The fraction of sp³-hybridized carbons (Fsp3) is 0. The Hall–Kier alpha value is -8.86. The first-order valence-corrected chi connectivity index (χ1v) is 22.6. The van der Waals surface area contributed by atoms with Crippen molar-refractivity contribution in [3.05, 3.63) is 237 Å². The number of rotatable bonds is 4. The number of anilines is 9. The maximum Gasteiger partial charge on any atom is 0.152 e. The van der Waals surface area contributed by atoms with Crippen LogP contribution in [0.4, 0.5) is 51.2 Å². The summed E-state index contributed by atoms with van der Waals surface area (Å²) in [5, 5.41) is 12.2. The molecule has 0 saturated carbocycles. The van der Waals surface area contributed by atoms with Crippen molar-refractivity contribution in [2.75, 3.05) is 14.7 Å². The maximum absolute atomic E-state index is 6.82. The zero-order chi connectivity index (χ0) is 43.3. The molecule has 66 heavy (non-hydrogen) atoms. The van der Waals surface area contributed by atoms with E-state index in [1.807, 2.05) is 0 Å². The number of hydrogen-bond donors (Lipinski definition) is 0. The fourth-order valence-electron chi connectivity index (χ4n) is 10.6. The molecule has 0 spiro atoms. The van der Waals surface area contributed by atoms with Crippen molar-refractivity contribution in [2.45, 2.75) is 0 Å². The van der Waals surface area contributed by atoms with E-state index >= 15 is 0 Å². The zero-order valence-electron chi connectivity index (χ0n) is 35.8. The molecule has 12 aromatic rings. The number of para-hydroxylation sites is 3. The normalized spacial score (nSPS) is 12.9. The van der Waals surface area contributed by atoms with E-state index in [9.17, 15) is 0 Å². The quantitative estimate of drug-likeness (QED) is 0.164. The molecule has 0 saturated heterocycles. The largest absolute Gasteiger partial charge is 0.453 e. The van der Waals surface area contributed by atoms with Gasteiger partial charge in [-0.05, 0) is 150 Å². The molecule has 4 nitrogen and oxygen atoms in total. The van der Waals surface area contributed by atoms with Gasteiger partial charge < -0.3 is 19.4 Å². The first-order valence-electron chi connectivity index (χ1n) is 22.6. The summed E-state index contributed by atoms with van der Waals surface area (Å²) in [7, 11) is 0. The third-order valence-electron chi connectivity index (χ3n) is 13.6. The highest BCUT2D eigenvalue weighted by Crippen LogP contribution is 2.57. The summed E-state index contributed by atoms with van der Waals surface area (Å²) in [5.74, 6) is 1.65. The average Bonchev–Trinajstić information content (AvgIpc) is 3.38. The lowest BCUT2D eigenvalue weighted by molar-refractivity contribution is 0.478. The highest BCUT2D eigenvalue weighted by atomic mass is 16.5. The van der Waals surface area contributed by atoms with Gasteiger partial charge in [0.25, 0.3) is 0 Å². The van der Waals surface area contributed by atoms with E-state index in [4.69, 9.17) is 4.74 Å². The van der Waals surface area contributed by atoms with E-state index in [-0.39, 0.29) is 0 Å². The molecule has 2 aliphatic heterocycles. The van der Waals surface area contributed by atoms with E-state index < -0.39 is 0 Å². The van der Waals surface area contributed by atoms with Gasteiger partial charge in [-0.25, -0.2) is 0 Å². The van der Waals surface area contributed by atoms with Crippen LogP contribution in [0.15, 0.2) is 237 Å². The Bertz CT molecular complexity index is 3920. The summed E-state index contributed by atoms with van der Waals surface area (Å²) in [6, 6.07) is 86.0. The number of nitrogens with zero attached hydrogens (tertiary/aromatic N) is 3. The maximum atomic E-state index is 6.82. The van der Waals surface area contributed by atoms with E-state index in [1.54, 1.807) is 0 Å². The van der Waals surface area contributed by atoms with Gasteiger partial charge in [0.1, 0.15) is 0 Å². The van der Waals surface area contributed by atoms with Crippen LogP contribution in [-0.4, -0.2) is 0 Å². The van der Waals surface area contributed by atoms with Crippen molar-refractivity contribution >= 4 is 105 Å². The van der Waals surface area contributed by atoms with Crippen molar-refractivity contribution in [3.8, 4) is 22.6 Å². The average molecular weight is 842 g/mol. The minimum atomic E-state index is 0.814. The molecule has 0 atom stereocenters. The molecule has 14 rings (SSSR count). The number of benzene rings is 12. The predicted octanol–water partition coefficient (Wildman–Crippen LogP) is 17.9. The van der Waals surface area contributed by atoms with Crippen LogP contribution in [0.25, 0.3) is 65.0 Å². The molecule has 12 aromatic carbocycles. The van der Waals surface area contributed by atoms with Gasteiger partial charge in [-0.15, -0.1) is 0 Å². The van der Waals surface area contributed by atoms with E-state index in [0.29, 0.717) is 0 Å². The van der Waals surface area contributed by atoms with Crippen molar-refractivity contribution in [2.24, 2.45) is 0 Å². The summed E-state index contributed by atoms with van der Waals surface area (Å²) in [4.78, 5) is 7.23. The SMILES string of the molecule is c1ccc(N2c3ccccc3N(c3ccc4c5ccccc5c5ccccc5c4c3)c3cc(-c4ccc5c(c4)N(c4ccc6ccccc6c4)c4cc6ccccc6cc4O5)ccc32)cc1. The zero-order valence-corrected chi connectivity index (χ0v) is 35.8. The van der Waals surface area contributed by atoms with E-state index in [0.717, 1.165) is 84.6 Å². The second-order valence-corrected chi connectivity index (χ2v) is 17.3. The summed E-state index contributed by atoms with van der Waals surface area (Å²) in [6.45, 7) is 0. The lowest BCUT2D eigenvalue weighted by Crippen LogP contribution is -2.24. The summed E-state index contributed by atoms with van der Waals surface area (Å²) < 4.78 is 6.82. The third-order valence-corrected chi connectivity index (χ3v) is 13.6. The molecule has 0 amide bonds. The van der Waals surface area contributed by atoms with E-state index in [1.165, 1.54) is 43.1 Å². The Labute approximate surface area is 382 Å². The molecular formula is C62H39N3O. The molecule has 0 radical (unpaired) electrons. The summed E-state index contributed by atoms with van der Waals surface area (Å²) in [5.41, 5.74) is 11.9. The molecule has 0 N–H and O–H groups in total. The summed E-state index contributed by atoms with van der Waals surface area (Å²) >= 11 is 0. The number of fused-ring (bicyclic) bond motifs is 12. The molecule has 0 bridgehead atoms. The lowest BCUT2D eigenvalue weighted by Gasteiger charge is -2.40. The fourth-order valence-corrected chi connectivity index (χ4v) is 10.6. The standard InChI is InChI=1S/C62H39N3O/c1-2-18-46(19-3-1)63-55-24-12-13-25-56(55)64(48-30-31-53-51-22-9-8-20-49(51)50-21-10-11-23-52(50)54(53)39-48)58-35-44(27-32-57(58)63)45-28-33-61-59(37-45)65(47-29-26-40-14-4-5-15-41(40)34-47)60-36-42-16-6-7-17-43(42)38-62(60)66-61/h1-39H. The molecule has 0 fully saturated rings. The van der Waals surface area contributed by atoms with Crippen LogP contribution in [0, 0.1) is 0 Å². The smallest absolute Gasteiger partial charge is 0.152 e. The second kappa shape index (κ2) is 14.3. The van der Waals surface area contributed by atoms with Crippen molar-refractivity contribution in [3.63, 3.8) is 0 Å². The van der Waals surface area contributed by atoms with Crippen molar-refractivity contribution < 1.29 is 4.74 Å². The molecular weight excluding hydrogens is 803 g/mol. The van der Waals surface area contributed by atoms with Crippen LogP contribution in [0.5, 0.6) is 11.5 Å². The van der Waals surface area contributed by atoms with Crippen LogP contribution >= 0.6 is 0 Å². The van der Waals surface area contributed by atoms with Crippen molar-refractivity contribution in [1.29, 1.82) is 0 Å². The van der Waals surface area contributed by atoms with E-state index in [2.05, 4.69) is 251 Å². The van der Waals surface area contributed by atoms with Crippen LogP contribution in [0.1, 0.15) is 0 Å². The molecule has 0 aromatic heterocycles. The first kappa shape index (κ1) is 36.6. The third kappa shape index (κ3) is 5.58. The lowest BCUT2D eigenvalue weighted by atomic mass is 9.93. The minimum absolute atomic E-state index is 0.814. The van der Waals surface area contributed by atoms with Gasteiger partial charge in [0.15, 0.2) is 11.5 Å². The Kier molecular flexibility index (Phi) is 7.95. The minimum Gasteiger partial charge on any atom is -0.453 e.